The zero-order chi connectivity index (χ0) is 17.2. The fraction of sp³-hybridized carbons (Fsp3) is 0.333. The Balaban J connectivity index is 2.50. The topological polar surface area (TPSA) is 42.4 Å². The van der Waals surface area contributed by atoms with Crippen LogP contribution in [0.4, 0.5) is 16.3 Å². The van der Waals surface area contributed by atoms with Crippen LogP contribution in [0.25, 0.3) is 0 Å². The highest BCUT2D eigenvalue weighted by molar-refractivity contribution is 9.10. The lowest BCUT2D eigenvalue weighted by Crippen LogP contribution is -2.34. The van der Waals surface area contributed by atoms with Crippen LogP contribution in [0.15, 0.2) is 41.0 Å². The second kappa shape index (κ2) is 6.71. The van der Waals surface area contributed by atoms with Gasteiger partial charge < -0.3 is 4.74 Å². The molecule has 0 bridgehead atoms. The van der Waals surface area contributed by atoms with E-state index >= 15 is 0 Å². The number of carbonyl (C=O) groups is 1. The molecular formula is C18H21BrN2O2. The van der Waals surface area contributed by atoms with Crippen molar-refractivity contribution in [1.29, 1.82) is 0 Å². The van der Waals surface area contributed by atoms with E-state index in [0.717, 1.165) is 21.3 Å². The Bertz CT molecular complexity index is 723. The van der Waals surface area contributed by atoms with E-state index in [0.29, 0.717) is 5.82 Å². The minimum atomic E-state index is -0.580. The third kappa shape index (κ3) is 4.55. The van der Waals surface area contributed by atoms with Gasteiger partial charge in [0.25, 0.3) is 0 Å². The molecule has 0 aliphatic heterocycles. The summed E-state index contributed by atoms with van der Waals surface area (Å²) in [7, 11) is 0. The van der Waals surface area contributed by atoms with Gasteiger partial charge in [-0.25, -0.2) is 14.7 Å². The number of rotatable bonds is 2. The lowest BCUT2D eigenvalue weighted by atomic mass is 10.2. The van der Waals surface area contributed by atoms with E-state index in [1.807, 2.05) is 65.0 Å². The molecule has 0 saturated carbocycles. The lowest BCUT2D eigenvalue weighted by molar-refractivity contribution is 0.0598. The van der Waals surface area contributed by atoms with Gasteiger partial charge in [-0.1, -0.05) is 15.9 Å². The van der Waals surface area contributed by atoms with Crippen LogP contribution in [0, 0.1) is 13.8 Å². The summed E-state index contributed by atoms with van der Waals surface area (Å²) in [6.45, 7) is 9.48. The molecule has 1 amide bonds. The predicted molar refractivity (Wildman–Crippen MR) is 96.2 cm³/mol. The Kier molecular flexibility index (Phi) is 5.09. The van der Waals surface area contributed by atoms with E-state index in [-0.39, 0.29) is 0 Å². The highest BCUT2D eigenvalue weighted by atomic mass is 79.9. The van der Waals surface area contributed by atoms with Crippen LogP contribution in [0.3, 0.4) is 0 Å². The molecule has 0 aliphatic carbocycles. The van der Waals surface area contributed by atoms with Crippen LogP contribution in [0.1, 0.15) is 31.9 Å². The second-order valence-corrected chi connectivity index (χ2v) is 7.29. The molecule has 122 valence electrons. The Labute approximate surface area is 145 Å². The molecule has 2 rings (SSSR count). The second-order valence-electron chi connectivity index (χ2n) is 6.44. The Morgan fingerprint density at radius 1 is 1.17 bits per heavy atom. The Morgan fingerprint density at radius 2 is 1.87 bits per heavy atom. The van der Waals surface area contributed by atoms with Crippen molar-refractivity contribution in [3.05, 3.63) is 52.1 Å². The molecule has 0 spiro atoms. The fourth-order valence-electron chi connectivity index (χ4n) is 2.05. The monoisotopic (exact) mass is 376 g/mol. The molecule has 5 heteroatoms. The summed E-state index contributed by atoms with van der Waals surface area (Å²) in [6.07, 6.45) is 1.24. The maximum absolute atomic E-state index is 12.7. The first-order valence-corrected chi connectivity index (χ1v) is 8.18. The van der Waals surface area contributed by atoms with Crippen LogP contribution in [0.5, 0.6) is 0 Å². The summed E-state index contributed by atoms with van der Waals surface area (Å²) in [6, 6.07) is 9.46. The molecule has 0 fully saturated rings. The van der Waals surface area contributed by atoms with Crippen molar-refractivity contribution < 1.29 is 9.53 Å². The minimum absolute atomic E-state index is 0.447. The molecule has 0 N–H and O–H groups in total. The molecule has 1 heterocycles. The quantitative estimate of drug-likeness (QED) is 0.691. The number of hydrogen-bond acceptors (Lipinski definition) is 3. The van der Waals surface area contributed by atoms with Gasteiger partial charge in [-0.2, -0.15) is 0 Å². The molecule has 1 aromatic heterocycles. The number of aryl methyl sites for hydroxylation is 2. The SMILES string of the molecule is Cc1ccnc(N(C(=O)OC(C)(C)C)c2ccc(Br)c(C)c2)c1. The van der Waals surface area contributed by atoms with Gasteiger partial charge in [-0.3, -0.25) is 0 Å². The molecular weight excluding hydrogens is 356 g/mol. The zero-order valence-electron chi connectivity index (χ0n) is 14.1. The maximum atomic E-state index is 12.7. The number of pyridine rings is 1. The van der Waals surface area contributed by atoms with Crippen molar-refractivity contribution in [2.45, 2.75) is 40.2 Å². The Hall–Kier alpha value is -1.88. The van der Waals surface area contributed by atoms with Crippen molar-refractivity contribution in [3.63, 3.8) is 0 Å². The molecule has 0 aliphatic rings. The third-order valence-corrected chi connectivity index (χ3v) is 4.00. The van der Waals surface area contributed by atoms with Gasteiger partial charge in [0.05, 0.1) is 5.69 Å². The summed E-state index contributed by atoms with van der Waals surface area (Å²) in [4.78, 5) is 18.5. The van der Waals surface area contributed by atoms with Gasteiger partial charge in [0, 0.05) is 10.7 Å². The molecule has 1 aromatic carbocycles. The van der Waals surface area contributed by atoms with Crippen molar-refractivity contribution in [1.82, 2.24) is 4.98 Å². The summed E-state index contributed by atoms with van der Waals surface area (Å²) in [5.74, 6) is 0.543. The van der Waals surface area contributed by atoms with Crippen molar-refractivity contribution in [2.75, 3.05) is 4.90 Å². The van der Waals surface area contributed by atoms with Gasteiger partial charge in [0.15, 0.2) is 0 Å². The first-order chi connectivity index (χ1) is 10.7. The normalized spacial score (nSPS) is 11.2. The van der Waals surface area contributed by atoms with E-state index in [9.17, 15) is 4.79 Å². The third-order valence-electron chi connectivity index (χ3n) is 3.11. The summed E-state index contributed by atoms with van der Waals surface area (Å²) < 4.78 is 6.54. The average Bonchev–Trinajstić information content (AvgIpc) is 2.41. The minimum Gasteiger partial charge on any atom is -0.443 e. The van der Waals surface area contributed by atoms with Gasteiger partial charge >= 0.3 is 6.09 Å². The highest BCUT2D eigenvalue weighted by Crippen LogP contribution is 2.29. The summed E-state index contributed by atoms with van der Waals surface area (Å²) in [5.41, 5.74) is 2.20. The van der Waals surface area contributed by atoms with E-state index in [1.165, 1.54) is 4.90 Å². The molecule has 4 nitrogen and oxygen atoms in total. The number of carbonyl (C=O) groups excluding carboxylic acids is 1. The summed E-state index contributed by atoms with van der Waals surface area (Å²) >= 11 is 3.48. The van der Waals surface area contributed by atoms with E-state index in [1.54, 1.807) is 6.20 Å². The number of ether oxygens (including phenoxy) is 1. The van der Waals surface area contributed by atoms with Gasteiger partial charge in [0.1, 0.15) is 11.4 Å². The number of aromatic nitrogens is 1. The van der Waals surface area contributed by atoms with Crippen LogP contribution in [-0.2, 0) is 4.74 Å². The number of amides is 1. The first-order valence-electron chi connectivity index (χ1n) is 7.39. The number of halogens is 1. The van der Waals surface area contributed by atoms with E-state index in [2.05, 4.69) is 20.9 Å². The van der Waals surface area contributed by atoms with Crippen LogP contribution in [0.2, 0.25) is 0 Å². The first kappa shape index (κ1) is 17.5. The van der Waals surface area contributed by atoms with Gasteiger partial charge in [0.2, 0.25) is 0 Å². The molecule has 0 saturated heterocycles. The summed E-state index contributed by atoms with van der Waals surface area (Å²) in [5, 5.41) is 0. The number of anilines is 2. The predicted octanol–water partition coefficient (Wildman–Crippen LogP) is 5.53. The number of benzene rings is 1. The van der Waals surface area contributed by atoms with Crippen LogP contribution >= 0.6 is 15.9 Å². The van der Waals surface area contributed by atoms with Crippen LogP contribution < -0.4 is 4.90 Å². The van der Waals surface area contributed by atoms with Gasteiger partial charge in [-0.05, 0) is 76.1 Å². The number of hydrogen-bond donors (Lipinski definition) is 0. The maximum Gasteiger partial charge on any atom is 0.420 e. The largest absolute Gasteiger partial charge is 0.443 e. The van der Waals surface area contributed by atoms with Crippen molar-refractivity contribution in [2.24, 2.45) is 0 Å². The van der Waals surface area contributed by atoms with Gasteiger partial charge in [-0.15, -0.1) is 0 Å². The number of nitrogens with zero attached hydrogens (tertiary/aromatic N) is 2. The van der Waals surface area contributed by atoms with Crippen LogP contribution in [-0.4, -0.2) is 16.7 Å². The average molecular weight is 377 g/mol. The highest BCUT2D eigenvalue weighted by Gasteiger charge is 2.26. The zero-order valence-corrected chi connectivity index (χ0v) is 15.6. The standard InChI is InChI=1S/C18H21BrN2O2/c1-12-8-9-20-16(10-12)21(17(22)23-18(3,4)5)14-6-7-15(19)13(2)11-14/h6-11H,1-5H3. The van der Waals surface area contributed by atoms with Crippen molar-refractivity contribution in [3.8, 4) is 0 Å². The lowest BCUT2D eigenvalue weighted by Gasteiger charge is -2.27. The molecule has 0 radical (unpaired) electrons. The molecule has 2 aromatic rings. The van der Waals surface area contributed by atoms with E-state index in [4.69, 9.17) is 4.74 Å². The molecule has 0 unspecified atom stereocenters. The smallest absolute Gasteiger partial charge is 0.420 e. The van der Waals surface area contributed by atoms with Crippen molar-refractivity contribution >= 4 is 33.5 Å². The Morgan fingerprint density at radius 3 is 2.43 bits per heavy atom. The van der Waals surface area contributed by atoms with E-state index < -0.39 is 11.7 Å². The molecule has 0 atom stereocenters. The fourth-order valence-corrected chi connectivity index (χ4v) is 2.30. The molecule has 23 heavy (non-hydrogen) atoms.